The molecule has 17 heavy (non-hydrogen) atoms. The lowest BCUT2D eigenvalue weighted by atomic mass is 9.90. The Hall–Kier alpha value is -1.06. The van der Waals surface area contributed by atoms with Gasteiger partial charge in [-0.15, -0.1) is 0 Å². The molecule has 2 unspecified atom stereocenters. The normalized spacial score (nSPS) is 35.5. The third kappa shape index (κ3) is 2.45. The van der Waals surface area contributed by atoms with Crippen LogP contribution in [0.15, 0.2) is 0 Å². The Morgan fingerprint density at radius 1 is 1.29 bits per heavy atom. The predicted octanol–water partition coefficient (Wildman–Crippen LogP) is 1.60. The summed E-state index contributed by atoms with van der Waals surface area (Å²) in [6.07, 6.45) is 1.63. The second-order valence-corrected chi connectivity index (χ2v) is 6.36. The molecule has 0 aromatic rings. The van der Waals surface area contributed by atoms with Crippen molar-refractivity contribution < 1.29 is 14.7 Å². The lowest BCUT2D eigenvalue weighted by Crippen LogP contribution is -2.46. The van der Waals surface area contributed by atoms with Gasteiger partial charge < -0.3 is 10.0 Å². The molecule has 1 saturated heterocycles. The molecular weight excluding hydrogens is 218 g/mol. The Morgan fingerprint density at radius 3 is 2.35 bits per heavy atom. The Labute approximate surface area is 102 Å². The molecule has 1 saturated carbocycles. The number of hydrogen-bond acceptors (Lipinski definition) is 2. The van der Waals surface area contributed by atoms with E-state index < -0.39 is 5.97 Å². The van der Waals surface area contributed by atoms with Crippen LogP contribution in [0.5, 0.6) is 0 Å². The summed E-state index contributed by atoms with van der Waals surface area (Å²) in [7, 11) is 0. The number of likely N-dealkylation sites (tertiary alicyclic amines) is 1. The molecule has 1 aliphatic heterocycles. The summed E-state index contributed by atoms with van der Waals surface area (Å²) < 4.78 is 0. The van der Waals surface area contributed by atoms with E-state index in [2.05, 4.69) is 13.8 Å². The molecule has 0 aromatic carbocycles. The molecule has 4 heteroatoms. The summed E-state index contributed by atoms with van der Waals surface area (Å²) in [5, 5.41) is 9.07. The Morgan fingerprint density at radius 2 is 1.88 bits per heavy atom. The first-order valence-corrected chi connectivity index (χ1v) is 6.33. The van der Waals surface area contributed by atoms with E-state index in [0.717, 1.165) is 13.0 Å². The molecule has 1 N–H and O–H groups in total. The average molecular weight is 239 g/mol. The zero-order chi connectivity index (χ0) is 12.8. The van der Waals surface area contributed by atoms with E-state index >= 15 is 0 Å². The number of hydrogen-bond donors (Lipinski definition) is 1. The highest BCUT2D eigenvalue weighted by molar-refractivity contribution is 5.83. The minimum Gasteiger partial charge on any atom is -0.481 e. The molecule has 4 nitrogen and oxygen atoms in total. The fourth-order valence-corrected chi connectivity index (χ4v) is 2.82. The molecule has 2 rings (SSSR count). The van der Waals surface area contributed by atoms with Gasteiger partial charge in [0.2, 0.25) is 5.91 Å². The quantitative estimate of drug-likeness (QED) is 0.796. The van der Waals surface area contributed by atoms with Gasteiger partial charge in [0.15, 0.2) is 0 Å². The number of aliphatic carboxylic acids is 1. The molecule has 0 bridgehead atoms. The summed E-state index contributed by atoms with van der Waals surface area (Å²) in [5.74, 6) is -0.598. The second kappa shape index (κ2) is 4.00. The van der Waals surface area contributed by atoms with Crippen LogP contribution in [0.2, 0.25) is 0 Å². The lowest BCUT2D eigenvalue weighted by molar-refractivity contribution is -0.147. The van der Waals surface area contributed by atoms with Crippen molar-refractivity contribution in [1.29, 1.82) is 0 Å². The Kier molecular flexibility index (Phi) is 2.92. The van der Waals surface area contributed by atoms with Gasteiger partial charge in [-0.3, -0.25) is 9.59 Å². The summed E-state index contributed by atoms with van der Waals surface area (Å²) in [5.41, 5.74) is 0.122. The molecule has 3 atom stereocenters. The standard InChI is InChI=1S/C13H21NO3/c1-8-4-9(12(16)17)7-14(6-8)11(15)10-5-13(10,2)3/h8-10H,4-7H2,1-3H3,(H,16,17)/t8?,9?,10-/m1/s1. The van der Waals surface area contributed by atoms with Crippen LogP contribution in [0.3, 0.4) is 0 Å². The summed E-state index contributed by atoms with van der Waals surface area (Å²) in [6.45, 7) is 7.32. The van der Waals surface area contributed by atoms with Gasteiger partial charge >= 0.3 is 5.97 Å². The van der Waals surface area contributed by atoms with Crippen LogP contribution in [0, 0.1) is 23.2 Å². The van der Waals surface area contributed by atoms with Gasteiger partial charge in [-0.05, 0) is 24.2 Å². The third-order valence-corrected chi connectivity index (χ3v) is 4.13. The van der Waals surface area contributed by atoms with Crippen molar-refractivity contribution in [3.63, 3.8) is 0 Å². The predicted molar refractivity (Wildman–Crippen MR) is 63.4 cm³/mol. The van der Waals surface area contributed by atoms with Gasteiger partial charge in [0.05, 0.1) is 5.92 Å². The van der Waals surface area contributed by atoms with Crippen LogP contribution in [0.4, 0.5) is 0 Å². The highest BCUT2D eigenvalue weighted by atomic mass is 16.4. The maximum absolute atomic E-state index is 12.2. The van der Waals surface area contributed by atoms with E-state index in [1.807, 2.05) is 6.92 Å². The van der Waals surface area contributed by atoms with Gasteiger partial charge in [-0.2, -0.15) is 0 Å². The zero-order valence-electron chi connectivity index (χ0n) is 10.8. The summed E-state index contributed by atoms with van der Waals surface area (Å²) >= 11 is 0. The van der Waals surface area contributed by atoms with E-state index in [1.54, 1.807) is 4.90 Å². The van der Waals surface area contributed by atoms with E-state index in [-0.39, 0.29) is 29.1 Å². The minimum atomic E-state index is -0.774. The molecule has 0 spiro atoms. The molecule has 1 aliphatic carbocycles. The van der Waals surface area contributed by atoms with E-state index in [0.29, 0.717) is 13.0 Å². The van der Waals surface area contributed by atoms with Gasteiger partial charge in [-0.25, -0.2) is 0 Å². The summed E-state index contributed by atoms with van der Waals surface area (Å²) in [4.78, 5) is 25.0. The third-order valence-electron chi connectivity index (χ3n) is 4.13. The van der Waals surface area contributed by atoms with E-state index in [1.165, 1.54) is 0 Å². The number of nitrogens with zero attached hydrogens (tertiary/aromatic N) is 1. The van der Waals surface area contributed by atoms with Gasteiger partial charge in [0.1, 0.15) is 0 Å². The number of carbonyl (C=O) groups excluding carboxylic acids is 1. The van der Waals surface area contributed by atoms with Crippen LogP contribution in [0.25, 0.3) is 0 Å². The molecule has 2 fully saturated rings. The maximum Gasteiger partial charge on any atom is 0.308 e. The first-order chi connectivity index (χ1) is 7.81. The Bertz CT molecular complexity index is 351. The number of piperidine rings is 1. The Balaban J connectivity index is 2.01. The van der Waals surface area contributed by atoms with Gasteiger partial charge in [0, 0.05) is 19.0 Å². The zero-order valence-corrected chi connectivity index (χ0v) is 10.8. The van der Waals surface area contributed by atoms with Crippen LogP contribution >= 0.6 is 0 Å². The average Bonchev–Trinajstić information content (AvgIpc) is 2.85. The fourth-order valence-electron chi connectivity index (χ4n) is 2.82. The van der Waals surface area contributed by atoms with Crippen LogP contribution in [-0.2, 0) is 9.59 Å². The van der Waals surface area contributed by atoms with Crippen molar-refractivity contribution in [2.45, 2.75) is 33.6 Å². The highest BCUT2D eigenvalue weighted by Crippen LogP contribution is 2.52. The molecular formula is C13H21NO3. The van der Waals surface area contributed by atoms with Crippen molar-refractivity contribution in [3.8, 4) is 0 Å². The molecule has 1 amide bonds. The van der Waals surface area contributed by atoms with E-state index in [9.17, 15) is 9.59 Å². The molecule has 0 radical (unpaired) electrons. The molecule has 0 aromatic heterocycles. The van der Waals surface area contributed by atoms with Gasteiger partial charge in [0.25, 0.3) is 0 Å². The van der Waals surface area contributed by atoms with Crippen molar-refractivity contribution in [3.05, 3.63) is 0 Å². The number of rotatable bonds is 2. The van der Waals surface area contributed by atoms with Crippen LogP contribution < -0.4 is 0 Å². The van der Waals surface area contributed by atoms with Crippen molar-refractivity contribution in [2.24, 2.45) is 23.2 Å². The molecule has 96 valence electrons. The van der Waals surface area contributed by atoms with Crippen molar-refractivity contribution in [1.82, 2.24) is 4.90 Å². The van der Waals surface area contributed by atoms with Crippen LogP contribution in [0.1, 0.15) is 33.6 Å². The second-order valence-electron chi connectivity index (χ2n) is 6.36. The van der Waals surface area contributed by atoms with E-state index in [4.69, 9.17) is 5.11 Å². The number of carbonyl (C=O) groups is 2. The molecule has 2 aliphatic rings. The summed E-state index contributed by atoms with van der Waals surface area (Å²) in [6, 6.07) is 0. The lowest BCUT2D eigenvalue weighted by Gasteiger charge is -2.35. The maximum atomic E-state index is 12.2. The van der Waals surface area contributed by atoms with Crippen LogP contribution in [-0.4, -0.2) is 35.0 Å². The highest BCUT2D eigenvalue weighted by Gasteiger charge is 2.52. The fraction of sp³-hybridized carbons (Fsp3) is 0.846. The topological polar surface area (TPSA) is 57.6 Å². The number of amides is 1. The van der Waals surface area contributed by atoms with Gasteiger partial charge in [-0.1, -0.05) is 20.8 Å². The first-order valence-electron chi connectivity index (χ1n) is 6.33. The minimum absolute atomic E-state index is 0.113. The number of carboxylic acid groups (broad SMARTS) is 1. The van der Waals surface area contributed by atoms with Crippen molar-refractivity contribution in [2.75, 3.05) is 13.1 Å². The smallest absolute Gasteiger partial charge is 0.308 e. The van der Waals surface area contributed by atoms with Crippen molar-refractivity contribution >= 4 is 11.9 Å². The SMILES string of the molecule is CC1CC(C(=O)O)CN(C(=O)[C@H]2CC2(C)C)C1. The first kappa shape index (κ1) is 12.4. The largest absolute Gasteiger partial charge is 0.481 e. The number of carboxylic acids is 1. The molecule has 1 heterocycles. The monoisotopic (exact) mass is 239 g/mol.